The van der Waals surface area contributed by atoms with E-state index in [1.807, 2.05) is 31.2 Å². The van der Waals surface area contributed by atoms with Crippen LogP contribution in [0, 0.1) is 6.92 Å². The summed E-state index contributed by atoms with van der Waals surface area (Å²) < 4.78 is 10.3. The minimum Gasteiger partial charge on any atom is -0.455 e. The molecular weight excluding hydrogens is 328 g/mol. The van der Waals surface area contributed by atoms with Crippen molar-refractivity contribution >= 4 is 17.6 Å². The normalized spacial score (nSPS) is 10.6. The molecule has 0 unspecified atom stereocenters. The van der Waals surface area contributed by atoms with Gasteiger partial charge in [-0.15, -0.1) is 0 Å². The molecule has 6 heteroatoms. The second-order valence-electron chi connectivity index (χ2n) is 5.28. The molecule has 0 aliphatic carbocycles. The van der Waals surface area contributed by atoms with Crippen LogP contribution < -0.4 is 0 Å². The van der Waals surface area contributed by atoms with Gasteiger partial charge in [-0.05, 0) is 42.3 Å². The summed E-state index contributed by atoms with van der Waals surface area (Å²) in [4.78, 5) is 16.1. The van der Waals surface area contributed by atoms with Gasteiger partial charge in [0.05, 0.1) is 6.42 Å². The summed E-state index contributed by atoms with van der Waals surface area (Å²) in [5.41, 5.74) is 2.77. The first-order valence-electron chi connectivity index (χ1n) is 7.40. The van der Waals surface area contributed by atoms with Crippen LogP contribution in [0.2, 0.25) is 5.02 Å². The van der Waals surface area contributed by atoms with Gasteiger partial charge in [0.25, 0.3) is 5.89 Å². The zero-order chi connectivity index (χ0) is 16.9. The topological polar surface area (TPSA) is 65.2 Å². The minimum absolute atomic E-state index is 0.0503. The molecule has 0 spiro atoms. The van der Waals surface area contributed by atoms with Crippen molar-refractivity contribution in [3.8, 4) is 11.4 Å². The molecule has 0 aliphatic rings. The highest BCUT2D eigenvalue weighted by atomic mass is 35.5. The van der Waals surface area contributed by atoms with Crippen LogP contribution in [0.4, 0.5) is 0 Å². The van der Waals surface area contributed by atoms with Crippen molar-refractivity contribution in [3.05, 3.63) is 70.6 Å². The van der Waals surface area contributed by atoms with Gasteiger partial charge in [0.15, 0.2) is 6.61 Å². The van der Waals surface area contributed by atoms with E-state index in [0.29, 0.717) is 10.8 Å². The second-order valence-corrected chi connectivity index (χ2v) is 5.72. The molecule has 3 rings (SSSR count). The Morgan fingerprint density at radius 3 is 2.67 bits per heavy atom. The molecule has 0 N–H and O–H groups in total. The molecule has 2 aromatic carbocycles. The van der Waals surface area contributed by atoms with Crippen LogP contribution in [0.3, 0.4) is 0 Å². The monoisotopic (exact) mass is 342 g/mol. The first-order valence-corrected chi connectivity index (χ1v) is 7.78. The summed E-state index contributed by atoms with van der Waals surface area (Å²) in [6.45, 7) is 1.91. The van der Waals surface area contributed by atoms with Gasteiger partial charge >= 0.3 is 5.97 Å². The average Bonchev–Trinajstić information content (AvgIpc) is 3.05. The Hall–Kier alpha value is -2.66. The van der Waals surface area contributed by atoms with Crippen molar-refractivity contribution in [3.63, 3.8) is 0 Å². The number of carbonyl (C=O) groups excluding carboxylic acids is 1. The summed E-state index contributed by atoms with van der Waals surface area (Å²) in [6.07, 6.45) is 0.213. The fraction of sp³-hybridized carbons (Fsp3) is 0.167. The fourth-order valence-electron chi connectivity index (χ4n) is 2.19. The Balaban J connectivity index is 1.58. The summed E-state index contributed by atoms with van der Waals surface area (Å²) in [6, 6.07) is 14.8. The average molecular weight is 343 g/mol. The third-order valence-corrected chi connectivity index (χ3v) is 3.78. The van der Waals surface area contributed by atoms with Crippen molar-refractivity contribution in [1.29, 1.82) is 0 Å². The number of rotatable bonds is 5. The number of aromatic nitrogens is 2. The van der Waals surface area contributed by atoms with Gasteiger partial charge in [0.1, 0.15) is 0 Å². The smallest absolute Gasteiger partial charge is 0.310 e. The highest BCUT2D eigenvalue weighted by molar-refractivity contribution is 6.30. The molecule has 0 bridgehead atoms. The van der Waals surface area contributed by atoms with Gasteiger partial charge in [0, 0.05) is 10.6 Å². The molecule has 0 saturated heterocycles. The number of ether oxygens (including phenoxy) is 1. The Labute approximate surface area is 144 Å². The lowest BCUT2D eigenvalue weighted by Gasteiger charge is -2.04. The van der Waals surface area contributed by atoms with Crippen LogP contribution in [0.25, 0.3) is 11.4 Å². The van der Waals surface area contributed by atoms with Crippen LogP contribution in [0.5, 0.6) is 0 Å². The molecule has 1 aromatic heterocycles. The molecule has 0 atom stereocenters. The number of nitrogens with zero attached hydrogens (tertiary/aromatic N) is 2. The molecule has 0 saturated carbocycles. The fourth-order valence-corrected chi connectivity index (χ4v) is 2.31. The van der Waals surface area contributed by atoms with E-state index in [4.69, 9.17) is 20.9 Å². The van der Waals surface area contributed by atoms with E-state index in [0.717, 1.165) is 16.7 Å². The van der Waals surface area contributed by atoms with Crippen molar-refractivity contribution in [2.24, 2.45) is 0 Å². The Bertz CT molecular complexity index is 843. The lowest BCUT2D eigenvalue weighted by atomic mass is 10.1. The zero-order valence-corrected chi connectivity index (χ0v) is 13.8. The molecular formula is C18H15ClN2O3. The first kappa shape index (κ1) is 16.2. The van der Waals surface area contributed by atoms with Crippen LogP contribution in [-0.4, -0.2) is 16.1 Å². The Kier molecular flexibility index (Phi) is 4.91. The molecule has 5 nitrogen and oxygen atoms in total. The molecule has 0 amide bonds. The van der Waals surface area contributed by atoms with Crippen molar-refractivity contribution in [1.82, 2.24) is 10.1 Å². The third kappa shape index (κ3) is 4.00. The third-order valence-electron chi connectivity index (χ3n) is 3.52. The Morgan fingerprint density at radius 2 is 1.92 bits per heavy atom. The van der Waals surface area contributed by atoms with E-state index in [1.165, 1.54) is 0 Å². The largest absolute Gasteiger partial charge is 0.455 e. The van der Waals surface area contributed by atoms with E-state index in [-0.39, 0.29) is 24.9 Å². The molecule has 1 heterocycles. The maximum Gasteiger partial charge on any atom is 0.310 e. The van der Waals surface area contributed by atoms with E-state index in [1.54, 1.807) is 24.3 Å². The van der Waals surface area contributed by atoms with Crippen molar-refractivity contribution in [2.75, 3.05) is 0 Å². The SMILES string of the molecule is Cc1ccccc1CC(=O)OCc1nc(-c2ccc(Cl)cc2)no1. The molecule has 122 valence electrons. The second kappa shape index (κ2) is 7.27. The van der Waals surface area contributed by atoms with Gasteiger partial charge in [-0.3, -0.25) is 4.79 Å². The van der Waals surface area contributed by atoms with E-state index in [9.17, 15) is 4.79 Å². The quantitative estimate of drug-likeness (QED) is 0.656. The maximum absolute atomic E-state index is 11.9. The van der Waals surface area contributed by atoms with Gasteiger partial charge in [-0.1, -0.05) is 41.0 Å². The van der Waals surface area contributed by atoms with Gasteiger partial charge in [-0.2, -0.15) is 4.98 Å². The van der Waals surface area contributed by atoms with E-state index >= 15 is 0 Å². The molecule has 24 heavy (non-hydrogen) atoms. The first-order chi connectivity index (χ1) is 11.6. The van der Waals surface area contributed by atoms with Crippen LogP contribution in [0.15, 0.2) is 53.1 Å². The number of aryl methyl sites for hydroxylation is 1. The maximum atomic E-state index is 11.9. The standard InChI is InChI=1S/C18H15ClN2O3/c1-12-4-2-3-5-14(12)10-17(22)23-11-16-20-18(21-24-16)13-6-8-15(19)9-7-13/h2-9H,10-11H2,1H3. The van der Waals surface area contributed by atoms with Crippen molar-refractivity contribution in [2.45, 2.75) is 20.0 Å². The zero-order valence-electron chi connectivity index (χ0n) is 13.0. The number of halogens is 1. The Morgan fingerprint density at radius 1 is 1.17 bits per heavy atom. The van der Waals surface area contributed by atoms with Crippen molar-refractivity contribution < 1.29 is 14.1 Å². The van der Waals surface area contributed by atoms with E-state index in [2.05, 4.69) is 10.1 Å². The number of hydrogen-bond donors (Lipinski definition) is 0. The number of carbonyl (C=O) groups is 1. The van der Waals surface area contributed by atoms with Gasteiger partial charge < -0.3 is 9.26 Å². The summed E-state index contributed by atoms with van der Waals surface area (Å²) in [5.74, 6) is 0.338. The lowest BCUT2D eigenvalue weighted by Crippen LogP contribution is -2.09. The van der Waals surface area contributed by atoms with Crippen LogP contribution >= 0.6 is 11.6 Å². The summed E-state index contributed by atoms with van der Waals surface area (Å²) in [5, 5.41) is 4.50. The molecule has 0 aliphatic heterocycles. The summed E-state index contributed by atoms with van der Waals surface area (Å²) >= 11 is 5.84. The predicted molar refractivity (Wildman–Crippen MR) is 89.4 cm³/mol. The molecule has 3 aromatic rings. The highest BCUT2D eigenvalue weighted by Gasteiger charge is 2.12. The van der Waals surface area contributed by atoms with Gasteiger partial charge in [-0.25, -0.2) is 0 Å². The number of hydrogen-bond acceptors (Lipinski definition) is 5. The van der Waals surface area contributed by atoms with Crippen LogP contribution in [0.1, 0.15) is 17.0 Å². The van der Waals surface area contributed by atoms with E-state index < -0.39 is 0 Å². The van der Waals surface area contributed by atoms with Crippen LogP contribution in [-0.2, 0) is 22.6 Å². The number of esters is 1. The number of benzene rings is 2. The molecule has 0 fully saturated rings. The summed E-state index contributed by atoms with van der Waals surface area (Å²) in [7, 11) is 0. The lowest BCUT2D eigenvalue weighted by molar-refractivity contribution is -0.144. The predicted octanol–water partition coefficient (Wildman–Crippen LogP) is 3.98. The van der Waals surface area contributed by atoms with Gasteiger partial charge in [0.2, 0.25) is 5.82 Å². The minimum atomic E-state index is -0.337. The highest BCUT2D eigenvalue weighted by Crippen LogP contribution is 2.19. The molecule has 0 radical (unpaired) electrons.